The Kier molecular flexibility index (Phi) is 4.30. The van der Waals surface area contributed by atoms with Crippen molar-refractivity contribution < 1.29 is 8.42 Å². The summed E-state index contributed by atoms with van der Waals surface area (Å²) in [5.74, 6) is 0.0278. The molecule has 0 radical (unpaired) electrons. The SMILES string of the molecule is CCCS(=O)(=O)c1ccn(-c2cccn(-c3ccncc3)c2=O)n1. The topological polar surface area (TPSA) is 86.9 Å². The third-order valence-electron chi connectivity index (χ3n) is 3.47. The summed E-state index contributed by atoms with van der Waals surface area (Å²) >= 11 is 0. The van der Waals surface area contributed by atoms with Crippen molar-refractivity contribution in [2.24, 2.45) is 0 Å². The van der Waals surface area contributed by atoms with Gasteiger partial charge in [-0.25, -0.2) is 13.1 Å². The molecule has 8 heteroatoms. The van der Waals surface area contributed by atoms with Gasteiger partial charge in [-0.3, -0.25) is 14.3 Å². The highest BCUT2D eigenvalue weighted by Gasteiger charge is 2.18. The van der Waals surface area contributed by atoms with Crippen LogP contribution in [0, 0.1) is 0 Å². The van der Waals surface area contributed by atoms with Gasteiger partial charge in [-0.1, -0.05) is 6.92 Å². The Balaban J connectivity index is 2.06. The molecule has 0 spiro atoms. The van der Waals surface area contributed by atoms with Crippen LogP contribution in [0.25, 0.3) is 11.4 Å². The van der Waals surface area contributed by atoms with E-state index < -0.39 is 9.84 Å². The first kappa shape index (κ1) is 16.1. The second-order valence-corrected chi connectivity index (χ2v) is 7.25. The van der Waals surface area contributed by atoms with Crippen molar-refractivity contribution in [1.82, 2.24) is 19.3 Å². The van der Waals surface area contributed by atoms with Gasteiger partial charge >= 0.3 is 0 Å². The van der Waals surface area contributed by atoms with Crippen LogP contribution < -0.4 is 5.56 Å². The minimum atomic E-state index is -3.42. The maximum absolute atomic E-state index is 12.7. The first-order chi connectivity index (χ1) is 11.5. The van der Waals surface area contributed by atoms with E-state index in [9.17, 15) is 13.2 Å². The summed E-state index contributed by atoms with van der Waals surface area (Å²) in [7, 11) is -3.42. The highest BCUT2D eigenvalue weighted by atomic mass is 32.2. The molecule has 3 aromatic rings. The Bertz CT molecular complexity index is 1010. The smallest absolute Gasteiger partial charge is 0.280 e. The van der Waals surface area contributed by atoms with E-state index in [1.54, 1.807) is 49.8 Å². The molecular formula is C16H16N4O3S. The number of aromatic nitrogens is 4. The number of rotatable bonds is 5. The van der Waals surface area contributed by atoms with Crippen molar-refractivity contribution in [3.05, 3.63) is 65.5 Å². The van der Waals surface area contributed by atoms with Crippen LogP contribution in [0.4, 0.5) is 0 Å². The normalized spacial score (nSPS) is 11.5. The van der Waals surface area contributed by atoms with Gasteiger partial charge in [-0.05, 0) is 36.8 Å². The molecule has 0 aliphatic heterocycles. The maximum Gasteiger partial charge on any atom is 0.280 e. The van der Waals surface area contributed by atoms with Crippen LogP contribution in [-0.2, 0) is 9.84 Å². The summed E-state index contributed by atoms with van der Waals surface area (Å²) in [4.78, 5) is 16.6. The average molecular weight is 344 g/mol. The lowest BCUT2D eigenvalue weighted by atomic mass is 10.3. The van der Waals surface area contributed by atoms with Crippen LogP contribution in [0.1, 0.15) is 13.3 Å². The van der Waals surface area contributed by atoms with Crippen LogP contribution in [0.5, 0.6) is 0 Å². The van der Waals surface area contributed by atoms with E-state index in [2.05, 4.69) is 10.1 Å². The van der Waals surface area contributed by atoms with Gasteiger partial charge in [-0.15, -0.1) is 0 Å². The van der Waals surface area contributed by atoms with Gasteiger partial charge < -0.3 is 0 Å². The van der Waals surface area contributed by atoms with E-state index in [0.717, 1.165) is 0 Å². The zero-order valence-corrected chi connectivity index (χ0v) is 13.8. The zero-order valence-electron chi connectivity index (χ0n) is 13.0. The van der Waals surface area contributed by atoms with Gasteiger partial charge in [0.05, 0.1) is 11.4 Å². The average Bonchev–Trinajstić information content (AvgIpc) is 3.06. The largest absolute Gasteiger partial charge is 0.282 e. The van der Waals surface area contributed by atoms with E-state index in [4.69, 9.17) is 0 Å². The second-order valence-electron chi connectivity index (χ2n) is 5.19. The van der Waals surface area contributed by atoms with Crippen LogP contribution in [0.3, 0.4) is 0 Å². The summed E-state index contributed by atoms with van der Waals surface area (Å²) in [6.07, 6.45) is 6.82. The monoisotopic (exact) mass is 344 g/mol. The Morgan fingerprint density at radius 1 is 1.08 bits per heavy atom. The molecule has 0 saturated heterocycles. The van der Waals surface area contributed by atoms with E-state index >= 15 is 0 Å². The molecule has 0 atom stereocenters. The highest BCUT2D eigenvalue weighted by Crippen LogP contribution is 2.12. The molecule has 3 rings (SSSR count). The van der Waals surface area contributed by atoms with Crippen LogP contribution in [0.2, 0.25) is 0 Å². The van der Waals surface area contributed by atoms with Crippen LogP contribution >= 0.6 is 0 Å². The molecule has 0 saturated carbocycles. The second kappa shape index (κ2) is 6.40. The molecule has 0 N–H and O–H groups in total. The van der Waals surface area contributed by atoms with Gasteiger partial charge in [0, 0.05) is 24.8 Å². The van der Waals surface area contributed by atoms with Gasteiger partial charge in [0.25, 0.3) is 5.56 Å². The molecule has 7 nitrogen and oxygen atoms in total. The summed E-state index contributed by atoms with van der Waals surface area (Å²) in [6, 6.07) is 8.15. The minimum absolute atomic E-state index is 0.0249. The van der Waals surface area contributed by atoms with E-state index in [1.165, 1.54) is 21.5 Å². The lowest BCUT2D eigenvalue weighted by Gasteiger charge is -2.07. The number of pyridine rings is 2. The molecule has 124 valence electrons. The van der Waals surface area contributed by atoms with Gasteiger partial charge in [0.15, 0.2) is 14.9 Å². The molecule has 0 aromatic carbocycles. The summed E-state index contributed by atoms with van der Waals surface area (Å²) < 4.78 is 26.9. The summed E-state index contributed by atoms with van der Waals surface area (Å²) in [6.45, 7) is 1.79. The van der Waals surface area contributed by atoms with Crippen molar-refractivity contribution in [3.63, 3.8) is 0 Å². The van der Waals surface area contributed by atoms with Gasteiger partial charge in [0.2, 0.25) is 0 Å². The maximum atomic E-state index is 12.7. The van der Waals surface area contributed by atoms with Crippen molar-refractivity contribution in [3.8, 4) is 11.4 Å². The van der Waals surface area contributed by atoms with Crippen molar-refractivity contribution >= 4 is 9.84 Å². The predicted octanol–water partition coefficient (Wildman–Crippen LogP) is 1.60. The molecule has 0 bridgehead atoms. The van der Waals surface area contributed by atoms with E-state index in [0.29, 0.717) is 12.1 Å². The fourth-order valence-corrected chi connectivity index (χ4v) is 3.57. The Hall–Kier alpha value is -2.74. The van der Waals surface area contributed by atoms with Crippen molar-refractivity contribution in [2.45, 2.75) is 18.4 Å². The molecule has 0 amide bonds. The number of hydrogen-bond donors (Lipinski definition) is 0. The number of nitrogens with zero attached hydrogens (tertiary/aromatic N) is 4. The molecule has 0 aliphatic rings. The van der Waals surface area contributed by atoms with Crippen molar-refractivity contribution in [2.75, 3.05) is 5.75 Å². The standard InChI is InChI=1S/C16H16N4O3S/c1-2-12-24(22,23)15-7-11-20(18-15)14-4-3-10-19(16(14)21)13-5-8-17-9-6-13/h3-11H,2,12H2,1H3. The van der Waals surface area contributed by atoms with Crippen LogP contribution in [0.15, 0.2) is 64.9 Å². The molecule has 0 aliphatic carbocycles. The lowest BCUT2D eigenvalue weighted by molar-refractivity contribution is 0.589. The number of sulfone groups is 1. The molecular weight excluding hydrogens is 328 g/mol. The third kappa shape index (κ3) is 3.00. The summed E-state index contributed by atoms with van der Waals surface area (Å²) in [5, 5.41) is 4.04. The quantitative estimate of drug-likeness (QED) is 0.702. The highest BCUT2D eigenvalue weighted by molar-refractivity contribution is 7.91. The Morgan fingerprint density at radius 2 is 1.83 bits per heavy atom. The summed E-state index contributed by atoms with van der Waals surface area (Å²) in [5.41, 5.74) is 0.640. The number of hydrogen-bond acceptors (Lipinski definition) is 5. The Morgan fingerprint density at radius 3 is 2.54 bits per heavy atom. The third-order valence-corrected chi connectivity index (χ3v) is 5.27. The fourth-order valence-electron chi connectivity index (χ4n) is 2.35. The molecule has 3 aromatic heterocycles. The molecule has 3 heterocycles. The first-order valence-corrected chi connectivity index (χ1v) is 9.09. The van der Waals surface area contributed by atoms with Gasteiger partial charge in [-0.2, -0.15) is 5.10 Å². The molecule has 24 heavy (non-hydrogen) atoms. The van der Waals surface area contributed by atoms with Gasteiger partial charge in [0.1, 0.15) is 5.69 Å². The molecule has 0 unspecified atom stereocenters. The van der Waals surface area contributed by atoms with E-state index in [1.807, 2.05) is 0 Å². The predicted molar refractivity (Wildman–Crippen MR) is 89.3 cm³/mol. The van der Waals surface area contributed by atoms with Crippen LogP contribution in [-0.4, -0.2) is 33.5 Å². The Labute approximate surface area is 139 Å². The zero-order chi connectivity index (χ0) is 17.2. The fraction of sp³-hybridized carbons (Fsp3) is 0.188. The first-order valence-electron chi connectivity index (χ1n) is 7.44. The van der Waals surface area contributed by atoms with E-state index in [-0.39, 0.29) is 22.0 Å². The minimum Gasteiger partial charge on any atom is -0.282 e. The van der Waals surface area contributed by atoms with Crippen molar-refractivity contribution in [1.29, 1.82) is 0 Å². The lowest BCUT2D eigenvalue weighted by Crippen LogP contribution is -2.22. The molecule has 0 fully saturated rings.